The number of anilines is 2. The van der Waals surface area contributed by atoms with Crippen LogP contribution in [0.4, 0.5) is 20.2 Å². The van der Waals surface area contributed by atoms with E-state index in [-0.39, 0.29) is 5.82 Å². The van der Waals surface area contributed by atoms with Gasteiger partial charge in [0.2, 0.25) is 0 Å². The van der Waals surface area contributed by atoms with Gasteiger partial charge in [0.25, 0.3) is 0 Å². The maximum absolute atomic E-state index is 16.6. The Morgan fingerprint density at radius 2 is 1.07 bits per heavy atom. The van der Waals surface area contributed by atoms with Crippen LogP contribution in [0.25, 0.3) is 44.2 Å². The number of benzene rings is 6. The Bertz CT molecular complexity index is 1850. The number of nitrogens with zero attached hydrogens (tertiary/aromatic N) is 1. The second kappa shape index (κ2) is 10.7. The van der Waals surface area contributed by atoms with Crippen molar-refractivity contribution in [3.8, 4) is 33.4 Å². The number of fused-ring (bicyclic) bond motifs is 1. The highest BCUT2D eigenvalue weighted by Gasteiger charge is 2.30. The summed E-state index contributed by atoms with van der Waals surface area (Å²) in [7, 11) is 0. The second-order valence-corrected chi connectivity index (χ2v) is 11.3. The van der Waals surface area contributed by atoms with Gasteiger partial charge < -0.3 is 4.90 Å². The lowest BCUT2D eigenvalue weighted by molar-refractivity contribution is 0.527. The van der Waals surface area contributed by atoms with Crippen molar-refractivity contribution in [1.82, 2.24) is 0 Å². The van der Waals surface area contributed by atoms with E-state index in [1.807, 2.05) is 87.5 Å². The van der Waals surface area contributed by atoms with Crippen molar-refractivity contribution in [2.75, 3.05) is 4.90 Å². The third kappa shape index (κ3) is 5.24. The number of hydrogen-bond acceptors (Lipinski definition) is 1. The van der Waals surface area contributed by atoms with Crippen LogP contribution < -0.4 is 4.90 Å². The summed E-state index contributed by atoms with van der Waals surface area (Å²) in [5.74, 6) is -0.782. The molecule has 6 rings (SSSR count). The quantitative estimate of drug-likeness (QED) is 0.211. The van der Waals surface area contributed by atoms with Crippen molar-refractivity contribution in [2.24, 2.45) is 0 Å². The van der Waals surface area contributed by atoms with Gasteiger partial charge in [-0.3, -0.25) is 0 Å². The fourth-order valence-corrected chi connectivity index (χ4v) is 5.50. The highest BCUT2D eigenvalue weighted by molar-refractivity contribution is 5.89. The van der Waals surface area contributed by atoms with Crippen molar-refractivity contribution in [2.45, 2.75) is 26.3 Å². The van der Waals surface area contributed by atoms with Crippen molar-refractivity contribution in [3.63, 3.8) is 0 Å². The van der Waals surface area contributed by atoms with Crippen LogP contribution in [-0.4, -0.2) is 5.54 Å². The number of halogens is 2. The summed E-state index contributed by atoms with van der Waals surface area (Å²) in [4.78, 5) is 1.76. The van der Waals surface area contributed by atoms with Crippen LogP contribution >= 0.6 is 0 Å². The summed E-state index contributed by atoms with van der Waals surface area (Å²) in [6.45, 7) is 5.90. The van der Waals surface area contributed by atoms with Crippen molar-refractivity contribution < 1.29 is 8.78 Å². The van der Waals surface area contributed by atoms with E-state index in [2.05, 4.69) is 42.5 Å². The zero-order valence-electron chi connectivity index (χ0n) is 23.4. The molecular weight excluding hydrogens is 508 g/mol. The van der Waals surface area contributed by atoms with Gasteiger partial charge in [-0.15, -0.1) is 0 Å². The van der Waals surface area contributed by atoms with Gasteiger partial charge in [-0.25, -0.2) is 8.78 Å². The van der Waals surface area contributed by atoms with Crippen LogP contribution in [0.2, 0.25) is 0 Å². The molecule has 0 heterocycles. The lowest BCUT2D eigenvalue weighted by Gasteiger charge is -2.38. The highest BCUT2D eigenvalue weighted by Crippen LogP contribution is 2.42. The first-order valence-corrected chi connectivity index (χ1v) is 13.8. The third-order valence-electron chi connectivity index (χ3n) is 7.42. The van der Waals surface area contributed by atoms with E-state index in [0.717, 1.165) is 27.8 Å². The maximum atomic E-state index is 16.6. The van der Waals surface area contributed by atoms with Crippen molar-refractivity contribution in [1.29, 1.82) is 0 Å². The smallest absolute Gasteiger partial charge is 0.154 e. The van der Waals surface area contributed by atoms with Gasteiger partial charge in [-0.2, -0.15) is 0 Å². The van der Waals surface area contributed by atoms with Crippen LogP contribution in [0, 0.1) is 11.6 Å². The summed E-state index contributed by atoms with van der Waals surface area (Å²) in [5, 5.41) is 2.37. The SMILES string of the molecule is CC(C)(C)N(c1ccccc1F)c1cc(-c2cccc(-c3ccc4ccccc4c3)c2)cc(-c2ccccc2)c1F. The first kappa shape index (κ1) is 26.5. The minimum atomic E-state index is -0.609. The Labute approximate surface area is 240 Å². The Balaban J connectivity index is 1.56. The van der Waals surface area contributed by atoms with E-state index < -0.39 is 11.4 Å². The van der Waals surface area contributed by atoms with E-state index in [0.29, 0.717) is 16.9 Å². The number of hydrogen-bond donors (Lipinski definition) is 0. The molecule has 3 heteroatoms. The Hall–Kier alpha value is -4.76. The molecule has 0 unspecified atom stereocenters. The molecule has 0 saturated carbocycles. The molecule has 0 N–H and O–H groups in total. The van der Waals surface area contributed by atoms with Gasteiger partial charge in [-0.05, 0) is 95.8 Å². The van der Waals surface area contributed by atoms with Gasteiger partial charge in [0.05, 0.1) is 11.4 Å². The molecule has 0 aliphatic carbocycles. The average molecular weight is 540 g/mol. The topological polar surface area (TPSA) is 3.24 Å². The molecule has 0 fully saturated rings. The molecule has 0 bridgehead atoms. The molecule has 6 aromatic rings. The fraction of sp³-hybridized carbons (Fsp3) is 0.105. The Morgan fingerprint density at radius 1 is 0.463 bits per heavy atom. The minimum absolute atomic E-state index is 0.329. The summed E-state index contributed by atoms with van der Waals surface area (Å²) in [6.07, 6.45) is 0. The average Bonchev–Trinajstić information content (AvgIpc) is 2.99. The predicted octanol–water partition coefficient (Wildman–Crippen LogP) is 11.1. The molecule has 202 valence electrons. The molecule has 0 amide bonds. The van der Waals surface area contributed by atoms with Gasteiger partial charge in [0.1, 0.15) is 5.82 Å². The summed E-state index contributed by atoms with van der Waals surface area (Å²) in [6, 6.07) is 42.9. The molecule has 0 spiro atoms. The Kier molecular flexibility index (Phi) is 6.88. The molecule has 0 saturated heterocycles. The molecule has 0 radical (unpaired) electrons. The molecule has 0 aromatic heterocycles. The lowest BCUT2D eigenvalue weighted by Crippen LogP contribution is -2.38. The zero-order valence-corrected chi connectivity index (χ0v) is 23.4. The van der Waals surface area contributed by atoms with Crippen LogP contribution in [-0.2, 0) is 0 Å². The second-order valence-electron chi connectivity index (χ2n) is 11.3. The van der Waals surface area contributed by atoms with Gasteiger partial charge in [-0.1, -0.05) is 97.1 Å². The largest absolute Gasteiger partial charge is 0.331 e. The van der Waals surface area contributed by atoms with Gasteiger partial charge in [0, 0.05) is 11.1 Å². The van der Waals surface area contributed by atoms with E-state index >= 15 is 8.78 Å². The molecule has 1 nitrogen and oxygen atoms in total. The Morgan fingerprint density at radius 3 is 1.80 bits per heavy atom. The van der Waals surface area contributed by atoms with Crippen LogP contribution in [0.1, 0.15) is 20.8 Å². The standard InChI is InChI=1S/C38H31F2N/c1-38(2,3)41(35-19-10-9-18-34(35)39)36-25-32(24-33(37(36)40)27-13-5-4-6-14-27)30-17-11-16-29(23-30)31-21-20-26-12-7-8-15-28(26)22-31/h4-25H,1-3H3. The van der Waals surface area contributed by atoms with Crippen molar-refractivity contribution >= 4 is 22.1 Å². The maximum Gasteiger partial charge on any atom is 0.154 e. The van der Waals surface area contributed by atoms with Crippen LogP contribution in [0.15, 0.2) is 133 Å². The highest BCUT2D eigenvalue weighted by atomic mass is 19.1. The summed E-state index contributed by atoms with van der Waals surface area (Å²) >= 11 is 0. The first-order chi connectivity index (χ1) is 19.8. The lowest BCUT2D eigenvalue weighted by atomic mass is 9.93. The fourth-order valence-electron chi connectivity index (χ4n) is 5.50. The summed E-state index contributed by atoms with van der Waals surface area (Å²) in [5.41, 5.74) is 5.28. The van der Waals surface area contributed by atoms with E-state index in [1.54, 1.807) is 23.1 Å². The normalized spacial score (nSPS) is 11.5. The van der Waals surface area contributed by atoms with E-state index in [4.69, 9.17) is 0 Å². The van der Waals surface area contributed by atoms with Gasteiger partial charge in [0.15, 0.2) is 5.82 Å². The van der Waals surface area contributed by atoms with E-state index in [9.17, 15) is 0 Å². The number of rotatable bonds is 5. The molecule has 41 heavy (non-hydrogen) atoms. The molecule has 6 aromatic carbocycles. The van der Waals surface area contributed by atoms with Crippen molar-refractivity contribution in [3.05, 3.63) is 145 Å². The van der Waals surface area contributed by atoms with Crippen LogP contribution in [0.3, 0.4) is 0 Å². The zero-order chi connectivity index (χ0) is 28.6. The first-order valence-electron chi connectivity index (χ1n) is 13.8. The molecule has 0 atom stereocenters. The molecule has 0 aliphatic rings. The van der Waals surface area contributed by atoms with E-state index in [1.165, 1.54) is 16.8 Å². The molecular formula is C38H31F2N. The van der Waals surface area contributed by atoms with Gasteiger partial charge >= 0.3 is 0 Å². The summed E-state index contributed by atoms with van der Waals surface area (Å²) < 4.78 is 31.8. The third-order valence-corrected chi connectivity index (χ3v) is 7.42. The minimum Gasteiger partial charge on any atom is -0.331 e. The molecule has 0 aliphatic heterocycles. The predicted molar refractivity (Wildman–Crippen MR) is 169 cm³/mol. The van der Waals surface area contributed by atoms with Crippen LogP contribution in [0.5, 0.6) is 0 Å². The number of para-hydroxylation sites is 1. The monoisotopic (exact) mass is 539 g/mol.